The van der Waals surface area contributed by atoms with Crippen LogP contribution in [-0.2, 0) is 17.4 Å². The fraction of sp³-hybridized carbons (Fsp3) is 0.217. The highest BCUT2D eigenvalue weighted by atomic mass is 31.2. The number of ether oxygens (including phenoxy) is 1. The lowest BCUT2D eigenvalue weighted by Crippen LogP contribution is -2.02. The molecule has 0 spiro atoms. The van der Waals surface area contributed by atoms with Crippen LogP contribution in [0.15, 0.2) is 54.6 Å². The van der Waals surface area contributed by atoms with Gasteiger partial charge in [0.25, 0.3) is 0 Å². The van der Waals surface area contributed by atoms with Crippen LogP contribution in [0, 0.1) is 19.7 Å². The Hall–Kier alpha value is -2.66. The van der Waals surface area contributed by atoms with Crippen LogP contribution in [0.1, 0.15) is 33.4 Å². The molecule has 0 saturated carbocycles. The lowest BCUT2D eigenvalue weighted by Gasteiger charge is -2.15. The van der Waals surface area contributed by atoms with Gasteiger partial charge in [-0.15, -0.1) is 0 Å². The normalized spacial score (nSPS) is 11.5. The highest BCUT2D eigenvalue weighted by molar-refractivity contribution is 7.51. The molecule has 0 aliphatic carbocycles. The van der Waals surface area contributed by atoms with E-state index in [0.29, 0.717) is 18.6 Å². The summed E-state index contributed by atoms with van der Waals surface area (Å²) in [6, 6.07) is 15.2. The summed E-state index contributed by atoms with van der Waals surface area (Å²) in [6.07, 6.45) is 0.468. The molecule has 30 heavy (non-hydrogen) atoms. The van der Waals surface area contributed by atoms with Gasteiger partial charge in [-0.1, -0.05) is 24.3 Å². The van der Waals surface area contributed by atoms with Crippen molar-refractivity contribution in [2.45, 2.75) is 26.7 Å². The summed E-state index contributed by atoms with van der Waals surface area (Å²) in [4.78, 5) is 18.0. The monoisotopic (exact) mass is 430 g/mol. The smallest absolute Gasteiger partial charge is 0.362 e. The van der Waals surface area contributed by atoms with E-state index in [9.17, 15) is 14.1 Å². The van der Waals surface area contributed by atoms with Crippen molar-refractivity contribution in [1.82, 2.24) is 0 Å². The van der Waals surface area contributed by atoms with Gasteiger partial charge < -0.3 is 19.6 Å². The first kappa shape index (κ1) is 22.0. The molecule has 3 aromatic carbocycles. The number of halogens is 1. The minimum atomic E-state index is -4.24. The molecule has 158 valence electrons. The zero-order chi connectivity index (χ0) is 21.9. The number of benzene rings is 3. The first-order chi connectivity index (χ1) is 14.1. The van der Waals surface area contributed by atoms with Gasteiger partial charge in [0.2, 0.25) is 0 Å². The van der Waals surface area contributed by atoms with Gasteiger partial charge in [0, 0.05) is 6.42 Å². The molecule has 3 rings (SSSR count). The van der Waals surface area contributed by atoms with Gasteiger partial charge in [0.15, 0.2) is 6.35 Å². The zero-order valence-corrected chi connectivity index (χ0v) is 17.7. The lowest BCUT2D eigenvalue weighted by molar-refractivity contribution is 0.300. The average molecular weight is 430 g/mol. The van der Waals surface area contributed by atoms with Crippen molar-refractivity contribution in [3.63, 3.8) is 0 Å². The molecule has 7 heteroatoms. The molecule has 0 saturated heterocycles. The number of hydrogen-bond donors (Lipinski definition) is 3. The highest BCUT2D eigenvalue weighted by Gasteiger charge is 2.15. The predicted octanol–water partition coefficient (Wildman–Crippen LogP) is 4.84. The third-order valence-corrected chi connectivity index (χ3v) is 5.37. The van der Waals surface area contributed by atoms with E-state index in [-0.39, 0.29) is 11.6 Å². The Labute approximate surface area is 174 Å². The van der Waals surface area contributed by atoms with E-state index in [1.54, 1.807) is 30.3 Å². The Balaban J connectivity index is 1.80. The summed E-state index contributed by atoms with van der Waals surface area (Å²) in [7, 11) is -4.24. The SMILES string of the molecule is Cc1cc(OCP(=O)(O)O)cc(C)c1Cc1ccc(O)c(Cc2ccc(F)cc2)c1. The third-order valence-electron chi connectivity index (χ3n) is 4.90. The van der Waals surface area contributed by atoms with Crippen LogP contribution in [0.4, 0.5) is 4.39 Å². The van der Waals surface area contributed by atoms with Gasteiger partial charge in [0.05, 0.1) is 0 Å². The second kappa shape index (κ2) is 9.00. The standard InChI is InChI=1S/C23H24FO5P/c1-15-9-21(29-14-30(26,27)28)10-16(2)22(15)13-18-5-8-23(25)19(12-18)11-17-3-6-20(24)7-4-17/h3-10,12,25H,11,13-14H2,1-2H3,(H2,26,27,28). The lowest BCUT2D eigenvalue weighted by atomic mass is 9.93. The van der Waals surface area contributed by atoms with Crippen molar-refractivity contribution >= 4 is 7.60 Å². The molecule has 0 heterocycles. The van der Waals surface area contributed by atoms with E-state index in [1.165, 1.54) is 12.1 Å². The van der Waals surface area contributed by atoms with Crippen molar-refractivity contribution in [2.75, 3.05) is 6.35 Å². The molecule has 5 nitrogen and oxygen atoms in total. The summed E-state index contributed by atoms with van der Waals surface area (Å²) in [5.41, 5.74) is 5.66. The van der Waals surface area contributed by atoms with Crippen LogP contribution >= 0.6 is 7.60 Å². The number of aryl methyl sites for hydroxylation is 2. The number of phenols is 1. The molecule has 0 radical (unpaired) electrons. The number of hydrogen-bond acceptors (Lipinski definition) is 3. The molecule has 0 atom stereocenters. The topological polar surface area (TPSA) is 87.0 Å². The van der Waals surface area contributed by atoms with Crippen LogP contribution in [-0.4, -0.2) is 21.2 Å². The van der Waals surface area contributed by atoms with Crippen molar-refractivity contribution in [3.05, 3.63) is 93.8 Å². The van der Waals surface area contributed by atoms with Crippen LogP contribution in [0.3, 0.4) is 0 Å². The van der Waals surface area contributed by atoms with Gasteiger partial charge in [-0.05, 0) is 84.0 Å². The minimum absolute atomic E-state index is 0.192. The first-order valence-corrected chi connectivity index (χ1v) is 11.2. The summed E-state index contributed by atoms with van der Waals surface area (Å²) < 4.78 is 29.4. The fourth-order valence-corrected chi connectivity index (χ4v) is 3.71. The van der Waals surface area contributed by atoms with Crippen molar-refractivity contribution in [3.8, 4) is 11.5 Å². The van der Waals surface area contributed by atoms with Gasteiger partial charge in [-0.2, -0.15) is 0 Å². The number of phenolic OH excluding ortho intramolecular Hbond substituents is 1. The van der Waals surface area contributed by atoms with E-state index in [1.807, 2.05) is 26.0 Å². The summed E-state index contributed by atoms with van der Waals surface area (Å²) >= 11 is 0. The molecule has 3 aromatic rings. The second-order valence-corrected chi connectivity index (χ2v) is 9.00. The summed E-state index contributed by atoms with van der Waals surface area (Å²) in [5.74, 6) is 0.313. The van der Waals surface area contributed by atoms with Crippen molar-refractivity contribution in [2.24, 2.45) is 0 Å². The summed E-state index contributed by atoms with van der Waals surface area (Å²) in [6.45, 7) is 3.85. The van der Waals surface area contributed by atoms with Crippen molar-refractivity contribution in [1.29, 1.82) is 0 Å². The molecule has 0 aromatic heterocycles. The Morgan fingerprint density at radius 1 is 0.900 bits per heavy atom. The molecular weight excluding hydrogens is 406 g/mol. The van der Waals surface area contributed by atoms with Crippen LogP contribution in [0.5, 0.6) is 11.5 Å². The van der Waals surface area contributed by atoms with E-state index in [4.69, 9.17) is 14.5 Å². The average Bonchev–Trinajstić information content (AvgIpc) is 2.66. The Morgan fingerprint density at radius 2 is 1.50 bits per heavy atom. The molecule has 0 amide bonds. The first-order valence-electron chi connectivity index (χ1n) is 9.43. The van der Waals surface area contributed by atoms with Gasteiger partial charge in [0.1, 0.15) is 17.3 Å². The second-order valence-electron chi connectivity index (χ2n) is 7.42. The highest BCUT2D eigenvalue weighted by Crippen LogP contribution is 2.35. The predicted molar refractivity (Wildman–Crippen MR) is 114 cm³/mol. The van der Waals surface area contributed by atoms with E-state index >= 15 is 0 Å². The molecule has 0 aliphatic rings. The molecule has 3 N–H and O–H groups in total. The Kier molecular flexibility index (Phi) is 6.61. The molecular formula is C23H24FO5P. The van der Waals surface area contributed by atoms with E-state index in [2.05, 4.69) is 0 Å². The largest absolute Gasteiger partial charge is 0.508 e. The molecule has 0 bridgehead atoms. The Bertz CT molecular complexity index is 1070. The van der Waals surface area contributed by atoms with Crippen LogP contribution in [0.25, 0.3) is 0 Å². The maximum atomic E-state index is 13.1. The maximum Gasteiger partial charge on any atom is 0.362 e. The molecule has 0 unspecified atom stereocenters. The Morgan fingerprint density at radius 3 is 2.10 bits per heavy atom. The van der Waals surface area contributed by atoms with Crippen LogP contribution in [0.2, 0.25) is 0 Å². The van der Waals surface area contributed by atoms with E-state index < -0.39 is 13.9 Å². The maximum absolute atomic E-state index is 13.1. The fourth-order valence-electron chi connectivity index (χ4n) is 3.39. The molecule has 0 fully saturated rings. The van der Waals surface area contributed by atoms with Crippen molar-refractivity contribution < 1.29 is 28.6 Å². The van der Waals surface area contributed by atoms with Gasteiger partial charge >= 0.3 is 7.60 Å². The van der Waals surface area contributed by atoms with Crippen LogP contribution < -0.4 is 4.74 Å². The third kappa shape index (κ3) is 5.92. The van der Waals surface area contributed by atoms with E-state index in [0.717, 1.165) is 33.4 Å². The zero-order valence-electron chi connectivity index (χ0n) is 16.8. The van der Waals surface area contributed by atoms with Gasteiger partial charge in [-0.3, -0.25) is 4.57 Å². The quantitative estimate of drug-likeness (QED) is 0.467. The number of aromatic hydroxyl groups is 1. The number of rotatable bonds is 7. The molecule has 0 aliphatic heterocycles. The summed E-state index contributed by atoms with van der Waals surface area (Å²) in [5, 5.41) is 10.2. The minimum Gasteiger partial charge on any atom is -0.508 e. The van der Waals surface area contributed by atoms with Gasteiger partial charge in [-0.25, -0.2) is 4.39 Å².